The number of amides is 2. The summed E-state index contributed by atoms with van der Waals surface area (Å²) in [4.78, 5) is 26.9. The van der Waals surface area contributed by atoms with E-state index in [1.165, 1.54) is 19.3 Å². The van der Waals surface area contributed by atoms with Crippen LogP contribution in [0.1, 0.15) is 59.3 Å². The number of hydrogen-bond donors (Lipinski definition) is 1. The van der Waals surface area contributed by atoms with E-state index in [-0.39, 0.29) is 17.9 Å². The first-order valence-corrected chi connectivity index (χ1v) is 7.66. The van der Waals surface area contributed by atoms with Crippen molar-refractivity contribution >= 4 is 11.8 Å². The van der Waals surface area contributed by atoms with E-state index in [0.717, 1.165) is 12.8 Å². The van der Waals surface area contributed by atoms with Crippen molar-refractivity contribution in [2.24, 2.45) is 5.92 Å². The van der Waals surface area contributed by atoms with E-state index in [2.05, 4.69) is 5.32 Å². The van der Waals surface area contributed by atoms with E-state index in [1.807, 2.05) is 25.7 Å². The molecule has 4 heteroatoms. The largest absolute Gasteiger partial charge is 0.340 e. The lowest BCUT2D eigenvalue weighted by molar-refractivity contribution is -0.157. The molecule has 1 N–H and O–H groups in total. The van der Waals surface area contributed by atoms with Gasteiger partial charge < -0.3 is 10.2 Å². The van der Waals surface area contributed by atoms with Gasteiger partial charge in [-0.05, 0) is 39.0 Å². The van der Waals surface area contributed by atoms with Gasteiger partial charge in [0.2, 0.25) is 11.8 Å². The fourth-order valence-electron chi connectivity index (χ4n) is 3.48. The molecule has 0 radical (unpaired) electrons. The van der Waals surface area contributed by atoms with Crippen molar-refractivity contribution in [2.45, 2.75) is 70.9 Å². The zero-order valence-corrected chi connectivity index (χ0v) is 12.4. The quantitative estimate of drug-likeness (QED) is 0.850. The molecule has 2 fully saturated rings. The molecule has 2 amide bonds. The highest BCUT2D eigenvalue weighted by Gasteiger charge is 2.48. The summed E-state index contributed by atoms with van der Waals surface area (Å²) < 4.78 is 0. The summed E-state index contributed by atoms with van der Waals surface area (Å²) in [6.45, 7) is 6.39. The van der Waals surface area contributed by atoms with Crippen LogP contribution in [0.3, 0.4) is 0 Å². The number of hydrogen-bond acceptors (Lipinski definition) is 2. The molecule has 2 atom stereocenters. The molecule has 0 spiro atoms. The summed E-state index contributed by atoms with van der Waals surface area (Å²) >= 11 is 0. The Bertz CT molecular complexity index is 363. The first-order chi connectivity index (χ1) is 9.03. The maximum absolute atomic E-state index is 12.6. The highest BCUT2D eigenvalue weighted by Crippen LogP contribution is 2.33. The summed E-state index contributed by atoms with van der Waals surface area (Å²) in [5.41, 5.74) is -0.710. The van der Waals surface area contributed by atoms with E-state index in [1.54, 1.807) is 0 Å². The molecular formula is C15H26N2O2. The topological polar surface area (TPSA) is 49.4 Å². The lowest BCUT2D eigenvalue weighted by atomic mass is 9.80. The van der Waals surface area contributed by atoms with Gasteiger partial charge in [0.05, 0.1) is 0 Å². The summed E-state index contributed by atoms with van der Waals surface area (Å²) in [6, 6.07) is -0.238. The summed E-state index contributed by atoms with van der Waals surface area (Å²) in [5, 5.41) is 2.97. The van der Waals surface area contributed by atoms with Gasteiger partial charge in [-0.25, -0.2) is 0 Å². The van der Waals surface area contributed by atoms with Crippen molar-refractivity contribution in [3.63, 3.8) is 0 Å². The van der Waals surface area contributed by atoms with Gasteiger partial charge in [-0.1, -0.05) is 26.2 Å². The Kier molecular flexibility index (Phi) is 4.16. The van der Waals surface area contributed by atoms with Gasteiger partial charge in [0, 0.05) is 6.54 Å². The van der Waals surface area contributed by atoms with Crippen LogP contribution in [0.5, 0.6) is 0 Å². The monoisotopic (exact) mass is 266 g/mol. The molecule has 0 aromatic heterocycles. The highest BCUT2D eigenvalue weighted by atomic mass is 16.2. The molecule has 1 saturated heterocycles. The Morgan fingerprint density at radius 1 is 1.21 bits per heavy atom. The molecule has 1 heterocycles. The third-order valence-electron chi connectivity index (χ3n) is 4.88. The SMILES string of the molecule is CCN1C(=O)C(C)(CC)NC(=O)C1C1CCCCC1. The summed E-state index contributed by atoms with van der Waals surface area (Å²) in [5.74, 6) is 0.490. The number of nitrogens with one attached hydrogen (secondary N) is 1. The maximum atomic E-state index is 12.6. The first-order valence-electron chi connectivity index (χ1n) is 7.66. The fraction of sp³-hybridized carbons (Fsp3) is 0.867. The Balaban J connectivity index is 2.23. The second-order valence-electron chi connectivity index (χ2n) is 6.11. The van der Waals surface area contributed by atoms with E-state index >= 15 is 0 Å². The third kappa shape index (κ3) is 2.49. The van der Waals surface area contributed by atoms with Crippen LogP contribution < -0.4 is 5.32 Å². The van der Waals surface area contributed by atoms with Crippen LogP contribution in [0, 0.1) is 5.92 Å². The first kappa shape index (κ1) is 14.4. The molecule has 108 valence electrons. The van der Waals surface area contributed by atoms with Crippen LogP contribution in [-0.2, 0) is 9.59 Å². The lowest BCUT2D eigenvalue weighted by Gasteiger charge is -2.47. The van der Waals surface area contributed by atoms with Crippen LogP contribution in [0.4, 0.5) is 0 Å². The van der Waals surface area contributed by atoms with Gasteiger partial charge in [-0.3, -0.25) is 9.59 Å². The summed E-state index contributed by atoms with van der Waals surface area (Å²) in [6.07, 6.45) is 6.43. The number of likely N-dealkylation sites (N-methyl/N-ethyl adjacent to an activating group) is 1. The van der Waals surface area contributed by atoms with Crippen molar-refractivity contribution in [3.05, 3.63) is 0 Å². The number of nitrogens with zero attached hydrogens (tertiary/aromatic N) is 1. The molecule has 4 nitrogen and oxygen atoms in total. The number of rotatable bonds is 3. The van der Waals surface area contributed by atoms with E-state index in [0.29, 0.717) is 18.9 Å². The zero-order chi connectivity index (χ0) is 14.0. The third-order valence-corrected chi connectivity index (χ3v) is 4.88. The predicted octanol–water partition coefficient (Wildman–Crippen LogP) is 2.08. The molecular weight excluding hydrogens is 240 g/mol. The fourth-order valence-corrected chi connectivity index (χ4v) is 3.48. The minimum absolute atomic E-state index is 0.0534. The van der Waals surface area contributed by atoms with Gasteiger partial charge in [0.1, 0.15) is 11.6 Å². The van der Waals surface area contributed by atoms with E-state index in [9.17, 15) is 9.59 Å². The normalized spacial score (nSPS) is 33.4. The molecule has 2 rings (SSSR count). The molecule has 1 saturated carbocycles. The van der Waals surface area contributed by atoms with Gasteiger partial charge in [0.15, 0.2) is 0 Å². The Hall–Kier alpha value is -1.06. The van der Waals surface area contributed by atoms with Crippen molar-refractivity contribution in [2.75, 3.05) is 6.54 Å². The molecule has 0 aromatic carbocycles. The number of carbonyl (C=O) groups is 2. The molecule has 2 unspecified atom stereocenters. The predicted molar refractivity (Wildman–Crippen MR) is 74.6 cm³/mol. The van der Waals surface area contributed by atoms with Crippen LogP contribution in [0.15, 0.2) is 0 Å². The smallest absolute Gasteiger partial charge is 0.248 e. The Morgan fingerprint density at radius 3 is 2.37 bits per heavy atom. The van der Waals surface area contributed by atoms with E-state index in [4.69, 9.17) is 0 Å². The van der Waals surface area contributed by atoms with Crippen molar-refractivity contribution in [1.82, 2.24) is 10.2 Å². The second-order valence-corrected chi connectivity index (χ2v) is 6.11. The standard InChI is InChI=1S/C15H26N2O2/c1-4-15(3)14(19)17(5-2)12(13(18)16-15)11-9-7-6-8-10-11/h11-12H,4-10H2,1-3H3,(H,16,18). The minimum Gasteiger partial charge on any atom is -0.340 e. The highest BCUT2D eigenvalue weighted by molar-refractivity contribution is 5.99. The van der Waals surface area contributed by atoms with Crippen LogP contribution in [-0.4, -0.2) is 34.8 Å². The molecule has 1 aliphatic carbocycles. The van der Waals surface area contributed by atoms with Crippen LogP contribution >= 0.6 is 0 Å². The maximum Gasteiger partial charge on any atom is 0.248 e. The second kappa shape index (κ2) is 5.51. The van der Waals surface area contributed by atoms with Crippen LogP contribution in [0.2, 0.25) is 0 Å². The Morgan fingerprint density at radius 2 is 1.84 bits per heavy atom. The van der Waals surface area contributed by atoms with Crippen LogP contribution in [0.25, 0.3) is 0 Å². The number of carbonyl (C=O) groups excluding carboxylic acids is 2. The average molecular weight is 266 g/mol. The van der Waals surface area contributed by atoms with E-state index < -0.39 is 5.54 Å². The zero-order valence-electron chi connectivity index (χ0n) is 12.4. The summed E-state index contributed by atoms with van der Waals surface area (Å²) in [7, 11) is 0. The average Bonchev–Trinajstić information content (AvgIpc) is 2.43. The molecule has 19 heavy (non-hydrogen) atoms. The Labute approximate surface area is 115 Å². The van der Waals surface area contributed by atoms with Gasteiger partial charge in [0.25, 0.3) is 0 Å². The number of piperazine rings is 1. The molecule has 0 aromatic rings. The van der Waals surface area contributed by atoms with Crippen molar-refractivity contribution in [1.29, 1.82) is 0 Å². The van der Waals surface area contributed by atoms with Gasteiger partial charge in [-0.2, -0.15) is 0 Å². The molecule has 2 aliphatic rings. The van der Waals surface area contributed by atoms with Gasteiger partial charge in [-0.15, -0.1) is 0 Å². The molecule has 1 aliphatic heterocycles. The van der Waals surface area contributed by atoms with Crippen molar-refractivity contribution < 1.29 is 9.59 Å². The van der Waals surface area contributed by atoms with Crippen molar-refractivity contribution in [3.8, 4) is 0 Å². The lowest BCUT2D eigenvalue weighted by Crippen LogP contribution is -2.70. The molecule has 0 bridgehead atoms. The minimum atomic E-state index is -0.710. The van der Waals surface area contributed by atoms with Gasteiger partial charge >= 0.3 is 0 Å².